The maximum Gasteiger partial charge on any atom is 0.122 e. The molecule has 10 heavy (non-hydrogen) atoms. The molecular weight excluding hydrogens is 124 g/mol. The SMILES string of the molecule is CC1=CC=CC2NC=CN12. The molecule has 2 rings (SSSR count). The van der Waals surface area contributed by atoms with E-state index in [1.54, 1.807) is 0 Å². The van der Waals surface area contributed by atoms with Crippen molar-refractivity contribution >= 4 is 0 Å². The molecule has 0 aromatic heterocycles. The molecule has 1 atom stereocenters. The second-order valence-electron chi connectivity index (χ2n) is 2.53. The Morgan fingerprint density at radius 3 is 3.30 bits per heavy atom. The first-order chi connectivity index (χ1) is 4.88. The number of allylic oxidation sites excluding steroid dienone is 3. The Morgan fingerprint density at radius 1 is 1.60 bits per heavy atom. The minimum atomic E-state index is 0.366. The summed E-state index contributed by atoms with van der Waals surface area (Å²) in [5.74, 6) is 0. The number of nitrogens with one attached hydrogen (secondary N) is 1. The molecule has 0 spiro atoms. The van der Waals surface area contributed by atoms with Crippen LogP contribution in [0.3, 0.4) is 0 Å². The predicted molar refractivity (Wildman–Crippen MR) is 40.8 cm³/mol. The lowest BCUT2D eigenvalue weighted by Crippen LogP contribution is -2.33. The van der Waals surface area contributed by atoms with Crippen molar-refractivity contribution in [1.82, 2.24) is 10.2 Å². The molecule has 2 heterocycles. The molecule has 0 fully saturated rings. The van der Waals surface area contributed by atoms with Gasteiger partial charge in [0, 0.05) is 18.1 Å². The number of nitrogens with zero attached hydrogens (tertiary/aromatic N) is 1. The van der Waals surface area contributed by atoms with E-state index in [1.807, 2.05) is 6.20 Å². The Labute approximate surface area is 60.5 Å². The van der Waals surface area contributed by atoms with Crippen LogP contribution in [-0.4, -0.2) is 11.1 Å². The van der Waals surface area contributed by atoms with Gasteiger partial charge >= 0.3 is 0 Å². The van der Waals surface area contributed by atoms with Crippen molar-refractivity contribution < 1.29 is 0 Å². The molecule has 0 radical (unpaired) electrons. The van der Waals surface area contributed by atoms with Gasteiger partial charge in [-0.05, 0) is 19.1 Å². The quantitative estimate of drug-likeness (QED) is 0.535. The van der Waals surface area contributed by atoms with Gasteiger partial charge in [-0.2, -0.15) is 0 Å². The highest BCUT2D eigenvalue weighted by atomic mass is 15.3. The van der Waals surface area contributed by atoms with Gasteiger partial charge in [0.15, 0.2) is 0 Å². The van der Waals surface area contributed by atoms with Gasteiger partial charge in [-0.3, -0.25) is 0 Å². The normalized spacial score (nSPS) is 27.9. The summed E-state index contributed by atoms with van der Waals surface area (Å²) in [7, 11) is 0. The topological polar surface area (TPSA) is 15.3 Å². The Balaban J connectivity index is 2.30. The molecule has 0 aliphatic carbocycles. The lowest BCUT2D eigenvalue weighted by molar-refractivity contribution is 0.394. The Morgan fingerprint density at radius 2 is 2.50 bits per heavy atom. The van der Waals surface area contributed by atoms with E-state index in [9.17, 15) is 0 Å². The lowest BCUT2D eigenvalue weighted by Gasteiger charge is -2.25. The predicted octanol–water partition coefficient (Wildman–Crippen LogP) is 1.16. The third-order valence-electron chi connectivity index (χ3n) is 1.84. The fourth-order valence-corrected chi connectivity index (χ4v) is 1.27. The third kappa shape index (κ3) is 0.652. The smallest absolute Gasteiger partial charge is 0.122 e. The molecule has 2 aliphatic rings. The van der Waals surface area contributed by atoms with Gasteiger partial charge < -0.3 is 10.2 Å². The van der Waals surface area contributed by atoms with Crippen molar-refractivity contribution in [3.8, 4) is 0 Å². The lowest BCUT2D eigenvalue weighted by atomic mass is 10.2. The van der Waals surface area contributed by atoms with Crippen LogP contribution in [0.1, 0.15) is 6.92 Å². The molecule has 0 saturated carbocycles. The van der Waals surface area contributed by atoms with Crippen molar-refractivity contribution in [3.05, 3.63) is 36.3 Å². The largest absolute Gasteiger partial charge is 0.366 e. The van der Waals surface area contributed by atoms with Crippen LogP contribution in [0.15, 0.2) is 36.3 Å². The summed E-state index contributed by atoms with van der Waals surface area (Å²) in [6.45, 7) is 2.10. The highest BCUT2D eigenvalue weighted by Gasteiger charge is 2.17. The first kappa shape index (κ1) is 5.59. The Bertz CT molecular complexity index is 225. The summed E-state index contributed by atoms with van der Waals surface area (Å²) >= 11 is 0. The molecule has 1 N–H and O–H groups in total. The van der Waals surface area contributed by atoms with Gasteiger partial charge in [0.2, 0.25) is 0 Å². The summed E-state index contributed by atoms with van der Waals surface area (Å²) in [4.78, 5) is 2.19. The van der Waals surface area contributed by atoms with Crippen LogP contribution in [0.5, 0.6) is 0 Å². The third-order valence-corrected chi connectivity index (χ3v) is 1.84. The fraction of sp³-hybridized carbons (Fsp3) is 0.250. The Hall–Kier alpha value is -1.18. The van der Waals surface area contributed by atoms with Gasteiger partial charge in [0.05, 0.1) is 0 Å². The van der Waals surface area contributed by atoms with E-state index in [0.29, 0.717) is 6.17 Å². The van der Waals surface area contributed by atoms with Gasteiger partial charge in [0.1, 0.15) is 6.17 Å². The van der Waals surface area contributed by atoms with E-state index >= 15 is 0 Å². The molecule has 0 amide bonds. The molecule has 0 saturated heterocycles. The molecule has 52 valence electrons. The first-order valence-electron chi connectivity index (χ1n) is 3.44. The monoisotopic (exact) mass is 134 g/mol. The van der Waals surface area contributed by atoms with E-state index in [1.165, 1.54) is 5.70 Å². The molecule has 2 heteroatoms. The first-order valence-corrected chi connectivity index (χ1v) is 3.44. The van der Waals surface area contributed by atoms with Gasteiger partial charge in [0.25, 0.3) is 0 Å². The zero-order chi connectivity index (χ0) is 6.97. The summed E-state index contributed by atoms with van der Waals surface area (Å²) in [6, 6.07) is 0. The van der Waals surface area contributed by atoms with Crippen molar-refractivity contribution in [2.24, 2.45) is 0 Å². The second-order valence-corrected chi connectivity index (χ2v) is 2.53. The van der Waals surface area contributed by atoms with Crippen LogP contribution in [0.25, 0.3) is 0 Å². The summed E-state index contributed by atoms with van der Waals surface area (Å²) in [5.41, 5.74) is 1.29. The number of hydrogen-bond acceptors (Lipinski definition) is 2. The second kappa shape index (κ2) is 1.90. The van der Waals surface area contributed by atoms with Crippen molar-refractivity contribution in [3.63, 3.8) is 0 Å². The van der Waals surface area contributed by atoms with Gasteiger partial charge in [-0.15, -0.1) is 0 Å². The summed E-state index contributed by atoms with van der Waals surface area (Å²) in [5, 5.41) is 3.21. The summed E-state index contributed by atoms with van der Waals surface area (Å²) < 4.78 is 0. The highest BCUT2D eigenvalue weighted by molar-refractivity contribution is 5.24. The average Bonchev–Trinajstić information content (AvgIpc) is 2.36. The number of rotatable bonds is 0. The van der Waals surface area contributed by atoms with Gasteiger partial charge in [-0.1, -0.05) is 6.08 Å². The molecule has 0 bridgehead atoms. The van der Waals surface area contributed by atoms with E-state index in [0.717, 1.165) is 0 Å². The number of hydrogen-bond donors (Lipinski definition) is 1. The van der Waals surface area contributed by atoms with E-state index in [-0.39, 0.29) is 0 Å². The fourth-order valence-electron chi connectivity index (χ4n) is 1.27. The zero-order valence-electron chi connectivity index (χ0n) is 5.91. The maximum atomic E-state index is 3.21. The molecule has 0 aromatic rings. The van der Waals surface area contributed by atoms with Crippen LogP contribution >= 0.6 is 0 Å². The highest BCUT2D eigenvalue weighted by Crippen LogP contribution is 2.17. The average molecular weight is 134 g/mol. The van der Waals surface area contributed by atoms with Crippen molar-refractivity contribution in [1.29, 1.82) is 0 Å². The van der Waals surface area contributed by atoms with Crippen LogP contribution in [0.2, 0.25) is 0 Å². The molecular formula is C8H10N2. The van der Waals surface area contributed by atoms with E-state index in [2.05, 4.69) is 41.6 Å². The molecule has 2 aliphatic heterocycles. The molecule has 1 unspecified atom stereocenters. The van der Waals surface area contributed by atoms with Crippen LogP contribution in [0.4, 0.5) is 0 Å². The summed E-state index contributed by atoms with van der Waals surface area (Å²) in [6.07, 6.45) is 10.7. The van der Waals surface area contributed by atoms with E-state index < -0.39 is 0 Å². The van der Waals surface area contributed by atoms with Crippen LogP contribution < -0.4 is 5.32 Å². The number of fused-ring (bicyclic) bond motifs is 1. The molecule has 0 aromatic carbocycles. The van der Waals surface area contributed by atoms with Crippen LogP contribution in [0, 0.1) is 0 Å². The van der Waals surface area contributed by atoms with Crippen molar-refractivity contribution in [2.75, 3.05) is 0 Å². The van der Waals surface area contributed by atoms with E-state index in [4.69, 9.17) is 0 Å². The minimum absolute atomic E-state index is 0.366. The Kier molecular flexibility index (Phi) is 1.07. The van der Waals surface area contributed by atoms with Crippen molar-refractivity contribution in [2.45, 2.75) is 13.1 Å². The zero-order valence-corrected chi connectivity index (χ0v) is 5.91. The standard InChI is InChI=1S/C8H10N2/c1-7-3-2-4-8-9-5-6-10(7)8/h2-6,8-9H,1H3. The van der Waals surface area contributed by atoms with Crippen LogP contribution in [-0.2, 0) is 0 Å². The maximum absolute atomic E-state index is 3.21. The van der Waals surface area contributed by atoms with Gasteiger partial charge in [-0.25, -0.2) is 0 Å². The minimum Gasteiger partial charge on any atom is -0.366 e. The molecule has 2 nitrogen and oxygen atoms in total.